The predicted molar refractivity (Wildman–Crippen MR) is 92.3 cm³/mol. The highest BCUT2D eigenvalue weighted by molar-refractivity contribution is 6.02. The number of ether oxygens (including phenoxy) is 1. The van der Waals surface area contributed by atoms with Crippen LogP contribution in [-0.2, 0) is 4.79 Å². The van der Waals surface area contributed by atoms with Crippen molar-refractivity contribution in [3.63, 3.8) is 0 Å². The van der Waals surface area contributed by atoms with Crippen molar-refractivity contribution in [3.8, 4) is 5.75 Å². The summed E-state index contributed by atoms with van der Waals surface area (Å²) in [5, 5.41) is 4.72. The van der Waals surface area contributed by atoms with Gasteiger partial charge in [0.05, 0.1) is 0 Å². The second kappa shape index (κ2) is 6.91. The molecule has 3 aromatic rings. The van der Waals surface area contributed by atoms with E-state index in [9.17, 15) is 9.59 Å². The van der Waals surface area contributed by atoms with Crippen LogP contribution in [0.25, 0.3) is 10.8 Å². The minimum absolute atomic E-state index is 0.00950. The van der Waals surface area contributed by atoms with Gasteiger partial charge in [0, 0.05) is 34.4 Å². The van der Waals surface area contributed by atoms with Crippen LogP contribution in [0.15, 0.2) is 60.9 Å². The monoisotopic (exact) mass is 320 g/mol. The number of benzene rings is 2. The maximum atomic E-state index is 12.1. The average molecular weight is 320 g/mol. The fourth-order valence-corrected chi connectivity index (χ4v) is 2.35. The summed E-state index contributed by atoms with van der Waals surface area (Å²) in [6.07, 6.45) is 3.43. The third-order valence-corrected chi connectivity index (χ3v) is 3.59. The molecule has 1 amide bonds. The molecule has 0 radical (unpaired) electrons. The van der Waals surface area contributed by atoms with E-state index in [4.69, 9.17) is 4.74 Å². The molecule has 0 aliphatic heterocycles. The highest BCUT2D eigenvalue weighted by Gasteiger charge is 2.07. The Balaban J connectivity index is 1.64. The van der Waals surface area contributed by atoms with Crippen molar-refractivity contribution in [3.05, 3.63) is 66.5 Å². The zero-order valence-corrected chi connectivity index (χ0v) is 13.2. The van der Waals surface area contributed by atoms with Crippen LogP contribution in [0.1, 0.15) is 17.3 Å². The summed E-state index contributed by atoms with van der Waals surface area (Å²) in [7, 11) is 0. The molecule has 0 fully saturated rings. The molecule has 0 saturated carbocycles. The van der Waals surface area contributed by atoms with Crippen LogP contribution in [0.2, 0.25) is 0 Å². The maximum absolute atomic E-state index is 12.1. The second-order valence-electron chi connectivity index (χ2n) is 5.32. The third-order valence-electron chi connectivity index (χ3n) is 3.59. The van der Waals surface area contributed by atoms with Crippen molar-refractivity contribution in [1.29, 1.82) is 0 Å². The van der Waals surface area contributed by atoms with Gasteiger partial charge >= 0.3 is 0 Å². The van der Waals surface area contributed by atoms with Crippen molar-refractivity contribution in [1.82, 2.24) is 4.98 Å². The SMILES string of the molecule is CC(=O)c1ccc(OCC(=O)Nc2cccc3cnccc23)cc1. The fraction of sp³-hybridized carbons (Fsp3) is 0.105. The van der Waals surface area contributed by atoms with E-state index >= 15 is 0 Å². The van der Waals surface area contributed by atoms with Gasteiger partial charge in [0.15, 0.2) is 12.4 Å². The van der Waals surface area contributed by atoms with Crippen LogP contribution >= 0.6 is 0 Å². The van der Waals surface area contributed by atoms with Gasteiger partial charge in [-0.15, -0.1) is 0 Å². The van der Waals surface area contributed by atoms with Gasteiger partial charge in [-0.3, -0.25) is 14.6 Å². The van der Waals surface area contributed by atoms with Gasteiger partial charge in [-0.25, -0.2) is 0 Å². The number of amides is 1. The number of hydrogen-bond donors (Lipinski definition) is 1. The fourth-order valence-electron chi connectivity index (χ4n) is 2.35. The number of rotatable bonds is 5. The molecule has 1 N–H and O–H groups in total. The molecular weight excluding hydrogens is 304 g/mol. The number of nitrogens with one attached hydrogen (secondary N) is 1. The number of ketones is 1. The summed E-state index contributed by atoms with van der Waals surface area (Å²) in [6, 6.07) is 14.2. The van der Waals surface area contributed by atoms with E-state index in [1.54, 1.807) is 36.7 Å². The van der Waals surface area contributed by atoms with Gasteiger partial charge < -0.3 is 10.1 Å². The lowest BCUT2D eigenvalue weighted by molar-refractivity contribution is -0.118. The van der Waals surface area contributed by atoms with Crippen LogP contribution in [0, 0.1) is 0 Å². The Bertz CT molecular complexity index is 883. The Morgan fingerprint density at radius 3 is 2.62 bits per heavy atom. The number of carbonyl (C=O) groups excluding carboxylic acids is 2. The molecule has 0 bridgehead atoms. The molecule has 0 aliphatic carbocycles. The molecule has 1 aromatic heterocycles. The Hall–Kier alpha value is -3.21. The number of pyridine rings is 1. The third kappa shape index (κ3) is 3.57. The van der Waals surface area contributed by atoms with E-state index < -0.39 is 0 Å². The van der Waals surface area contributed by atoms with Crippen LogP contribution in [0.5, 0.6) is 5.75 Å². The molecule has 5 heteroatoms. The van der Waals surface area contributed by atoms with Gasteiger partial charge in [0.1, 0.15) is 5.75 Å². The summed E-state index contributed by atoms with van der Waals surface area (Å²) in [5.74, 6) is 0.275. The molecule has 24 heavy (non-hydrogen) atoms. The summed E-state index contributed by atoms with van der Waals surface area (Å²) in [5.41, 5.74) is 1.33. The number of fused-ring (bicyclic) bond motifs is 1. The van der Waals surface area contributed by atoms with E-state index in [0.717, 1.165) is 16.5 Å². The number of carbonyl (C=O) groups is 2. The van der Waals surface area contributed by atoms with Crippen molar-refractivity contribution >= 4 is 28.2 Å². The van der Waals surface area contributed by atoms with Gasteiger partial charge in [0.25, 0.3) is 5.91 Å². The first-order valence-electron chi connectivity index (χ1n) is 7.50. The molecule has 3 rings (SSSR count). The highest BCUT2D eigenvalue weighted by atomic mass is 16.5. The number of aromatic nitrogens is 1. The smallest absolute Gasteiger partial charge is 0.262 e. The molecule has 0 unspecified atom stereocenters. The summed E-state index contributed by atoms with van der Waals surface area (Å²) in [4.78, 5) is 27.4. The predicted octanol–water partition coefficient (Wildman–Crippen LogP) is 3.45. The van der Waals surface area contributed by atoms with E-state index in [-0.39, 0.29) is 18.3 Å². The van der Waals surface area contributed by atoms with E-state index in [0.29, 0.717) is 11.3 Å². The standard InChI is InChI=1S/C19H16N2O3/c1-13(22)14-5-7-16(8-6-14)24-12-19(23)21-18-4-2-3-15-11-20-10-9-17(15)18/h2-11H,12H2,1H3,(H,21,23). The Labute approximate surface area is 139 Å². The summed E-state index contributed by atoms with van der Waals surface area (Å²) < 4.78 is 5.45. The van der Waals surface area contributed by atoms with E-state index in [1.165, 1.54) is 6.92 Å². The molecule has 0 saturated heterocycles. The quantitative estimate of drug-likeness (QED) is 0.731. The lowest BCUT2D eigenvalue weighted by Crippen LogP contribution is -2.20. The van der Waals surface area contributed by atoms with Gasteiger partial charge in [-0.2, -0.15) is 0 Å². The zero-order valence-electron chi connectivity index (χ0n) is 13.2. The number of Topliss-reactive ketones (excluding diaryl/α,β-unsaturated/α-hetero) is 1. The molecule has 120 valence electrons. The normalized spacial score (nSPS) is 10.4. The van der Waals surface area contributed by atoms with Gasteiger partial charge in [-0.05, 0) is 43.3 Å². The second-order valence-corrected chi connectivity index (χ2v) is 5.32. The molecule has 2 aromatic carbocycles. The topological polar surface area (TPSA) is 68.3 Å². The van der Waals surface area contributed by atoms with Crippen LogP contribution in [0.3, 0.4) is 0 Å². The number of nitrogens with zero attached hydrogens (tertiary/aromatic N) is 1. The molecule has 1 heterocycles. The molecular formula is C19H16N2O3. The van der Waals surface area contributed by atoms with E-state index in [2.05, 4.69) is 10.3 Å². The lowest BCUT2D eigenvalue weighted by atomic mass is 10.1. The van der Waals surface area contributed by atoms with Crippen molar-refractivity contribution in [2.75, 3.05) is 11.9 Å². The molecule has 5 nitrogen and oxygen atoms in total. The Morgan fingerprint density at radius 2 is 1.88 bits per heavy atom. The van der Waals surface area contributed by atoms with Gasteiger partial charge in [-0.1, -0.05) is 12.1 Å². The van der Waals surface area contributed by atoms with Crippen molar-refractivity contribution in [2.24, 2.45) is 0 Å². The Kier molecular flexibility index (Phi) is 4.52. The largest absolute Gasteiger partial charge is 0.484 e. The number of anilines is 1. The average Bonchev–Trinajstić information content (AvgIpc) is 2.61. The van der Waals surface area contributed by atoms with Crippen LogP contribution in [0.4, 0.5) is 5.69 Å². The van der Waals surface area contributed by atoms with Gasteiger partial charge in [0.2, 0.25) is 0 Å². The zero-order chi connectivity index (χ0) is 16.9. The molecule has 0 aliphatic rings. The van der Waals surface area contributed by atoms with Crippen LogP contribution in [-0.4, -0.2) is 23.3 Å². The molecule has 0 spiro atoms. The summed E-state index contributed by atoms with van der Waals surface area (Å²) >= 11 is 0. The Morgan fingerprint density at radius 1 is 1.08 bits per heavy atom. The first-order chi connectivity index (χ1) is 11.6. The number of hydrogen-bond acceptors (Lipinski definition) is 4. The lowest BCUT2D eigenvalue weighted by Gasteiger charge is -2.10. The van der Waals surface area contributed by atoms with Crippen LogP contribution < -0.4 is 10.1 Å². The highest BCUT2D eigenvalue weighted by Crippen LogP contribution is 2.22. The summed E-state index contributed by atoms with van der Waals surface area (Å²) in [6.45, 7) is 1.39. The van der Waals surface area contributed by atoms with E-state index in [1.807, 2.05) is 24.3 Å². The first kappa shape index (κ1) is 15.7. The maximum Gasteiger partial charge on any atom is 0.262 e. The molecule has 0 atom stereocenters. The minimum atomic E-state index is -0.255. The first-order valence-corrected chi connectivity index (χ1v) is 7.50. The van der Waals surface area contributed by atoms with Crippen molar-refractivity contribution < 1.29 is 14.3 Å². The minimum Gasteiger partial charge on any atom is -0.484 e. The van der Waals surface area contributed by atoms with Crippen molar-refractivity contribution in [2.45, 2.75) is 6.92 Å².